The molecule has 8 nitrogen and oxygen atoms in total. The maximum atomic E-state index is 13.1. The molecule has 1 amide bonds. The van der Waals surface area contributed by atoms with Gasteiger partial charge in [0.1, 0.15) is 0 Å². The van der Waals surface area contributed by atoms with Crippen LogP contribution in [-0.2, 0) is 11.2 Å². The largest absolute Gasteiger partial charge is 0.490 e. The van der Waals surface area contributed by atoms with Crippen LogP contribution in [-0.4, -0.2) is 63.7 Å². The number of aliphatic carboxylic acids is 1. The van der Waals surface area contributed by atoms with E-state index in [1.807, 2.05) is 23.1 Å². The third-order valence-electron chi connectivity index (χ3n) is 5.01. The molecule has 174 valence electrons. The van der Waals surface area contributed by atoms with Gasteiger partial charge in [0.05, 0.1) is 22.8 Å². The van der Waals surface area contributed by atoms with Crippen LogP contribution in [0.4, 0.5) is 13.2 Å². The summed E-state index contributed by atoms with van der Waals surface area (Å²) in [5.74, 6) is -2.87. The first kappa shape index (κ1) is 23.9. The van der Waals surface area contributed by atoms with E-state index in [4.69, 9.17) is 9.90 Å². The summed E-state index contributed by atoms with van der Waals surface area (Å²) in [5, 5.41) is 11.0. The number of carbonyl (C=O) groups excluding carboxylic acids is 1. The quantitative estimate of drug-likeness (QED) is 0.550. The summed E-state index contributed by atoms with van der Waals surface area (Å²) in [6.07, 6.45) is -2.86. The minimum absolute atomic E-state index is 0.117. The second kappa shape index (κ2) is 10.3. The van der Waals surface area contributed by atoms with Crippen molar-refractivity contribution in [2.24, 2.45) is 0 Å². The molecule has 1 aliphatic heterocycles. The van der Waals surface area contributed by atoms with Crippen LogP contribution in [0.5, 0.6) is 0 Å². The van der Waals surface area contributed by atoms with Gasteiger partial charge in [0, 0.05) is 25.7 Å². The average molecular weight is 462 g/mol. The Labute approximate surface area is 186 Å². The number of nitrogens with one attached hydrogen (secondary N) is 2. The Morgan fingerprint density at radius 1 is 1.12 bits per heavy atom. The molecule has 4 rings (SSSR count). The van der Waals surface area contributed by atoms with Crippen molar-refractivity contribution in [1.29, 1.82) is 0 Å². The number of aromatic nitrogens is 2. The molecule has 0 bridgehead atoms. The maximum absolute atomic E-state index is 13.1. The van der Waals surface area contributed by atoms with Crippen molar-refractivity contribution in [3.05, 3.63) is 76.3 Å². The number of H-pyrrole nitrogens is 1. The van der Waals surface area contributed by atoms with Crippen molar-refractivity contribution in [3.8, 4) is 0 Å². The molecule has 33 heavy (non-hydrogen) atoms. The van der Waals surface area contributed by atoms with E-state index in [0.29, 0.717) is 29.6 Å². The molecule has 1 aromatic heterocycles. The number of carboxylic acids is 1. The summed E-state index contributed by atoms with van der Waals surface area (Å²) < 4.78 is 31.7. The second-order valence-electron chi connectivity index (χ2n) is 7.33. The molecule has 2 heterocycles. The fourth-order valence-electron chi connectivity index (χ4n) is 3.51. The van der Waals surface area contributed by atoms with Gasteiger partial charge in [-0.25, -0.2) is 9.78 Å². The molecule has 0 spiro atoms. The van der Waals surface area contributed by atoms with Gasteiger partial charge in [-0.15, -0.1) is 0 Å². The van der Waals surface area contributed by atoms with E-state index >= 15 is 0 Å². The van der Waals surface area contributed by atoms with Crippen molar-refractivity contribution in [3.63, 3.8) is 0 Å². The molecule has 0 aliphatic carbocycles. The Balaban J connectivity index is 0.000000383. The van der Waals surface area contributed by atoms with Crippen molar-refractivity contribution < 1.29 is 27.9 Å². The minimum Gasteiger partial charge on any atom is -0.475 e. The minimum atomic E-state index is -5.08. The number of nitrogens with zero attached hydrogens (tertiary/aromatic N) is 2. The second-order valence-corrected chi connectivity index (χ2v) is 7.33. The number of benzene rings is 2. The van der Waals surface area contributed by atoms with Crippen LogP contribution in [0.1, 0.15) is 15.9 Å². The number of aromatic amines is 1. The lowest BCUT2D eigenvalue weighted by Crippen LogP contribution is -2.53. The van der Waals surface area contributed by atoms with Gasteiger partial charge in [-0.3, -0.25) is 9.59 Å². The molecule has 3 N–H and O–H groups in total. The fourth-order valence-corrected chi connectivity index (χ4v) is 3.51. The number of rotatable bonds is 3. The number of piperazine rings is 1. The molecular formula is C22H21F3N4O4. The number of hydrogen-bond acceptors (Lipinski definition) is 5. The Kier molecular flexibility index (Phi) is 7.44. The van der Waals surface area contributed by atoms with E-state index < -0.39 is 12.1 Å². The SMILES string of the molecule is O=C(O)C(F)(F)F.O=C(c1cccc2nc[nH]c(=O)c12)N1CCNC(Cc2ccccc2)C1. The van der Waals surface area contributed by atoms with Crippen LogP contribution in [0, 0.1) is 0 Å². The van der Waals surface area contributed by atoms with E-state index in [0.717, 1.165) is 13.0 Å². The van der Waals surface area contributed by atoms with E-state index in [2.05, 4.69) is 27.4 Å². The predicted octanol–water partition coefficient (Wildman–Crippen LogP) is 2.21. The molecule has 1 unspecified atom stereocenters. The first-order valence-corrected chi connectivity index (χ1v) is 10.00. The molecule has 1 aliphatic rings. The zero-order valence-corrected chi connectivity index (χ0v) is 17.3. The van der Waals surface area contributed by atoms with Gasteiger partial charge in [0.25, 0.3) is 11.5 Å². The van der Waals surface area contributed by atoms with Gasteiger partial charge in [-0.1, -0.05) is 36.4 Å². The first-order valence-electron chi connectivity index (χ1n) is 10.00. The lowest BCUT2D eigenvalue weighted by atomic mass is 10.0. The molecule has 0 saturated carbocycles. The van der Waals surface area contributed by atoms with Crippen LogP contribution in [0.2, 0.25) is 0 Å². The number of alkyl halides is 3. The molecule has 3 aromatic rings. The van der Waals surface area contributed by atoms with E-state index in [1.165, 1.54) is 11.9 Å². The molecule has 1 atom stereocenters. The van der Waals surface area contributed by atoms with Gasteiger partial charge in [-0.05, 0) is 24.1 Å². The molecule has 1 saturated heterocycles. The Bertz CT molecular complexity index is 1180. The number of fused-ring (bicyclic) bond motifs is 1. The average Bonchev–Trinajstić information content (AvgIpc) is 2.79. The Morgan fingerprint density at radius 3 is 2.48 bits per heavy atom. The molecule has 11 heteroatoms. The predicted molar refractivity (Wildman–Crippen MR) is 114 cm³/mol. The maximum Gasteiger partial charge on any atom is 0.490 e. The summed E-state index contributed by atoms with van der Waals surface area (Å²) in [7, 11) is 0. The van der Waals surface area contributed by atoms with Crippen LogP contribution < -0.4 is 10.9 Å². The molecule has 1 fully saturated rings. The summed E-state index contributed by atoms with van der Waals surface area (Å²) in [4.78, 5) is 42.7. The third-order valence-corrected chi connectivity index (χ3v) is 5.01. The van der Waals surface area contributed by atoms with Gasteiger partial charge in [0.15, 0.2) is 0 Å². The lowest BCUT2D eigenvalue weighted by molar-refractivity contribution is -0.192. The standard InChI is InChI=1S/C20H20N4O2.C2HF3O2/c25-19-18-16(7-4-8-17(18)22-13-23-19)20(26)24-10-9-21-15(12-24)11-14-5-2-1-3-6-14;3-2(4,5)1(6)7/h1-8,13,15,21H,9-12H2,(H,22,23,25);(H,6,7). The van der Waals surface area contributed by atoms with Gasteiger partial charge >= 0.3 is 12.1 Å². The lowest BCUT2D eigenvalue weighted by Gasteiger charge is -2.34. The van der Waals surface area contributed by atoms with E-state index in [9.17, 15) is 22.8 Å². The topological polar surface area (TPSA) is 115 Å². The number of hydrogen-bond donors (Lipinski definition) is 3. The highest BCUT2D eigenvalue weighted by molar-refractivity contribution is 6.05. The smallest absolute Gasteiger partial charge is 0.475 e. The van der Waals surface area contributed by atoms with Crippen LogP contribution in [0.3, 0.4) is 0 Å². The first-order chi connectivity index (χ1) is 15.7. The zero-order valence-electron chi connectivity index (χ0n) is 17.3. The number of carbonyl (C=O) groups is 2. The number of amides is 1. The van der Waals surface area contributed by atoms with Crippen LogP contribution in [0.15, 0.2) is 59.7 Å². The van der Waals surface area contributed by atoms with Gasteiger partial charge in [-0.2, -0.15) is 13.2 Å². The van der Waals surface area contributed by atoms with E-state index in [-0.39, 0.29) is 17.5 Å². The number of halogens is 3. The van der Waals surface area contributed by atoms with Gasteiger partial charge in [0.2, 0.25) is 0 Å². The summed E-state index contributed by atoms with van der Waals surface area (Å²) in [6.45, 7) is 1.98. The monoisotopic (exact) mass is 462 g/mol. The molecular weight excluding hydrogens is 441 g/mol. The normalized spacial score (nSPS) is 16.1. The van der Waals surface area contributed by atoms with Crippen molar-refractivity contribution in [2.75, 3.05) is 19.6 Å². The fraction of sp³-hybridized carbons (Fsp3) is 0.273. The van der Waals surface area contributed by atoms with Crippen molar-refractivity contribution >= 4 is 22.8 Å². The molecule has 0 radical (unpaired) electrons. The number of carboxylic acid groups (broad SMARTS) is 1. The van der Waals surface area contributed by atoms with Gasteiger partial charge < -0.3 is 20.3 Å². The Hall–Kier alpha value is -3.73. The van der Waals surface area contributed by atoms with Crippen LogP contribution >= 0.6 is 0 Å². The van der Waals surface area contributed by atoms with Crippen molar-refractivity contribution in [2.45, 2.75) is 18.6 Å². The summed E-state index contributed by atoms with van der Waals surface area (Å²) in [6, 6.07) is 15.7. The third kappa shape index (κ3) is 6.16. The highest BCUT2D eigenvalue weighted by Gasteiger charge is 2.38. The van der Waals surface area contributed by atoms with Crippen LogP contribution in [0.25, 0.3) is 10.9 Å². The van der Waals surface area contributed by atoms with Crippen molar-refractivity contribution in [1.82, 2.24) is 20.2 Å². The zero-order chi connectivity index (χ0) is 24.0. The van der Waals surface area contributed by atoms with E-state index in [1.54, 1.807) is 18.2 Å². The summed E-state index contributed by atoms with van der Waals surface area (Å²) in [5.41, 5.74) is 1.91. The highest BCUT2D eigenvalue weighted by atomic mass is 19.4. The Morgan fingerprint density at radius 2 is 1.82 bits per heavy atom. The molecule has 2 aromatic carbocycles. The summed E-state index contributed by atoms with van der Waals surface area (Å²) >= 11 is 0. The highest BCUT2D eigenvalue weighted by Crippen LogP contribution is 2.17.